The topological polar surface area (TPSA) is 0 Å². The van der Waals surface area contributed by atoms with Crippen LogP contribution in [0.15, 0.2) is 91.0 Å². The zero-order valence-corrected chi connectivity index (χ0v) is 26.4. The van der Waals surface area contributed by atoms with Crippen LogP contribution < -0.4 is 15.9 Å². The molecule has 3 aromatic rings. The van der Waals surface area contributed by atoms with Crippen molar-refractivity contribution in [3.63, 3.8) is 0 Å². The van der Waals surface area contributed by atoms with Crippen molar-refractivity contribution in [1.29, 1.82) is 0 Å². The Morgan fingerprint density at radius 1 is 0.405 bits per heavy atom. The van der Waals surface area contributed by atoms with Crippen LogP contribution in [-0.2, 0) is 0 Å². The van der Waals surface area contributed by atoms with Crippen molar-refractivity contribution in [3.05, 3.63) is 91.0 Å². The Morgan fingerprint density at radius 2 is 0.676 bits per heavy atom. The fourth-order valence-electron chi connectivity index (χ4n) is 5.83. The molecule has 0 aliphatic heterocycles. The standard InChI is InChI=1S/C35H50IP/c1-2-3-4-5-6-7-8-9-10-11-12-13-14-15-25-32-37(36,33-26-19-16-20-27-33,34-28-21-17-22-29-34)35-30-23-18-24-31-35/h16-24,26-31H,2-15,25,32H2,1H3. The number of rotatable bonds is 19. The summed E-state index contributed by atoms with van der Waals surface area (Å²) in [4.78, 5) is 0. The van der Waals surface area contributed by atoms with E-state index in [1.165, 1.54) is 118 Å². The van der Waals surface area contributed by atoms with Gasteiger partial charge in [0.1, 0.15) is 0 Å². The second-order valence-corrected chi connectivity index (χ2v) is 21.6. The van der Waals surface area contributed by atoms with Crippen molar-refractivity contribution in [2.75, 3.05) is 6.16 Å². The second-order valence-electron chi connectivity index (χ2n) is 10.9. The summed E-state index contributed by atoms with van der Waals surface area (Å²) < 4.78 is -2.57. The van der Waals surface area contributed by atoms with Crippen molar-refractivity contribution in [2.24, 2.45) is 0 Å². The average Bonchev–Trinajstić information content (AvgIpc) is 2.96. The monoisotopic (exact) mass is 628 g/mol. The first-order chi connectivity index (χ1) is 18.2. The summed E-state index contributed by atoms with van der Waals surface area (Å²) in [5.74, 6) is 0. The summed E-state index contributed by atoms with van der Waals surface area (Å²) in [5, 5.41) is 4.53. The third-order valence-corrected chi connectivity index (χ3v) is 19.8. The molecule has 0 atom stereocenters. The van der Waals surface area contributed by atoms with Crippen molar-refractivity contribution in [3.8, 4) is 0 Å². The number of unbranched alkanes of at least 4 members (excludes halogenated alkanes) is 14. The van der Waals surface area contributed by atoms with Gasteiger partial charge in [-0.05, 0) is 0 Å². The van der Waals surface area contributed by atoms with E-state index >= 15 is 0 Å². The summed E-state index contributed by atoms with van der Waals surface area (Å²) >= 11 is 2.94. The SMILES string of the molecule is CCCCCCCCCCCCCCCCCP(I)(c1ccccc1)(c1ccccc1)c1ccccc1. The van der Waals surface area contributed by atoms with Gasteiger partial charge in [0.2, 0.25) is 0 Å². The van der Waals surface area contributed by atoms with E-state index < -0.39 is 4.25 Å². The Hall–Kier alpha value is -1.18. The van der Waals surface area contributed by atoms with Crippen LogP contribution in [0, 0.1) is 0 Å². The van der Waals surface area contributed by atoms with Crippen LogP contribution in [0.25, 0.3) is 0 Å². The fourth-order valence-corrected chi connectivity index (χ4v) is 14.6. The predicted molar refractivity (Wildman–Crippen MR) is 179 cm³/mol. The summed E-state index contributed by atoms with van der Waals surface area (Å²) in [6.45, 7) is 2.30. The molecular formula is C35H50IP. The van der Waals surface area contributed by atoms with Gasteiger partial charge in [-0.2, -0.15) is 0 Å². The van der Waals surface area contributed by atoms with Gasteiger partial charge in [-0.25, -0.2) is 0 Å². The van der Waals surface area contributed by atoms with Gasteiger partial charge in [-0.15, -0.1) is 0 Å². The fraction of sp³-hybridized carbons (Fsp3) is 0.486. The van der Waals surface area contributed by atoms with E-state index in [9.17, 15) is 0 Å². The van der Waals surface area contributed by atoms with Gasteiger partial charge in [-0.1, -0.05) is 32.6 Å². The van der Waals surface area contributed by atoms with E-state index in [1.807, 2.05) is 0 Å². The Labute approximate surface area is 241 Å². The molecule has 202 valence electrons. The van der Waals surface area contributed by atoms with E-state index in [0.717, 1.165) is 0 Å². The molecule has 3 rings (SSSR count). The quantitative estimate of drug-likeness (QED) is 0.0704. The maximum absolute atomic E-state index is 2.94. The zero-order valence-electron chi connectivity index (χ0n) is 23.3. The molecular weight excluding hydrogens is 578 g/mol. The van der Waals surface area contributed by atoms with Crippen LogP contribution in [0.1, 0.15) is 103 Å². The summed E-state index contributed by atoms with van der Waals surface area (Å²) in [6, 6.07) is 34.2. The van der Waals surface area contributed by atoms with Crippen molar-refractivity contribution >= 4 is 42.2 Å². The molecule has 0 fully saturated rings. The third-order valence-electron chi connectivity index (χ3n) is 8.07. The summed E-state index contributed by atoms with van der Waals surface area (Å²) in [6.07, 6.45) is 22.4. The predicted octanol–water partition coefficient (Wildman–Crippen LogP) is 10.7. The van der Waals surface area contributed by atoms with Crippen LogP contribution in [0.3, 0.4) is 0 Å². The normalized spacial score (nSPS) is 12.8. The van der Waals surface area contributed by atoms with Crippen LogP contribution in [0.4, 0.5) is 0 Å². The van der Waals surface area contributed by atoms with Crippen molar-refractivity contribution in [2.45, 2.75) is 103 Å². The molecule has 0 bridgehead atoms. The van der Waals surface area contributed by atoms with E-state index in [0.29, 0.717) is 0 Å². The molecule has 0 aromatic heterocycles. The number of hydrogen-bond acceptors (Lipinski definition) is 0. The molecule has 0 N–H and O–H groups in total. The Morgan fingerprint density at radius 3 is 0.973 bits per heavy atom. The van der Waals surface area contributed by atoms with Gasteiger partial charge in [0.05, 0.1) is 0 Å². The first-order valence-corrected chi connectivity index (χ1v) is 20.3. The molecule has 0 heterocycles. The molecule has 0 spiro atoms. The van der Waals surface area contributed by atoms with Gasteiger partial charge in [0, 0.05) is 0 Å². The second kappa shape index (κ2) is 16.7. The van der Waals surface area contributed by atoms with E-state index in [-0.39, 0.29) is 0 Å². The van der Waals surface area contributed by atoms with E-state index in [4.69, 9.17) is 0 Å². The molecule has 0 saturated carbocycles. The van der Waals surface area contributed by atoms with Crippen LogP contribution in [0.2, 0.25) is 0 Å². The minimum atomic E-state index is -2.57. The van der Waals surface area contributed by atoms with Gasteiger partial charge in [0.25, 0.3) is 0 Å². The number of halogens is 1. The summed E-state index contributed by atoms with van der Waals surface area (Å²) in [7, 11) is 0. The molecule has 0 radical (unpaired) electrons. The number of hydrogen-bond donors (Lipinski definition) is 0. The molecule has 0 unspecified atom stereocenters. The van der Waals surface area contributed by atoms with Crippen molar-refractivity contribution in [1.82, 2.24) is 0 Å². The minimum absolute atomic E-state index is 1.24. The van der Waals surface area contributed by atoms with Gasteiger partial charge in [0.15, 0.2) is 0 Å². The van der Waals surface area contributed by atoms with Gasteiger partial charge >= 0.3 is 210 Å². The first kappa shape index (κ1) is 30.4. The van der Waals surface area contributed by atoms with Crippen LogP contribution in [-0.4, -0.2) is 6.16 Å². The Balaban J connectivity index is 1.51. The van der Waals surface area contributed by atoms with E-state index in [1.54, 1.807) is 0 Å². The van der Waals surface area contributed by atoms with Crippen LogP contribution >= 0.6 is 26.3 Å². The zero-order chi connectivity index (χ0) is 26.1. The maximum atomic E-state index is 2.94. The van der Waals surface area contributed by atoms with Crippen molar-refractivity contribution < 1.29 is 0 Å². The molecule has 0 saturated heterocycles. The molecule has 0 amide bonds. The molecule has 3 aromatic carbocycles. The first-order valence-electron chi connectivity index (χ1n) is 15.1. The molecule has 0 aliphatic carbocycles. The van der Waals surface area contributed by atoms with Gasteiger partial charge in [-0.3, -0.25) is 0 Å². The van der Waals surface area contributed by atoms with E-state index in [2.05, 4.69) is 120 Å². The third kappa shape index (κ3) is 8.66. The molecule has 2 heteroatoms. The Kier molecular flexibility index (Phi) is 13.7. The molecule has 37 heavy (non-hydrogen) atoms. The Bertz CT molecular complexity index is 871. The molecule has 0 nitrogen and oxygen atoms in total. The summed E-state index contributed by atoms with van der Waals surface area (Å²) in [5.41, 5.74) is 0. The van der Waals surface area contributed by atoms with Gasteiger partial charge < -0.3 is 0 Å². The average molecular weight is 629 g/mol. The van der Waals surface area contributed by atoms with Crippen LogP contribution in [0.5, 0.6) is 0 Å². The number of benzene rings is 3. The molecule has 0 aliphatic rings.